The van der Waals surface area contributed by atoms with Crippen LogP contribution in [0.25, 0.3) is 0 Å². The van der Waals surface area contributed by atoms with Crippen molar-refractivity contribution in [2.24, 2.45) is 0 Å². The lowest BCUT2D eigenvalue weighted by molar-refractivity contribution is 0.0950. The Hall–Kier alpha value is -2.04. The van der Waals surface area contributed by atoms with Crippen molar-refractivity contribution in [2.45, 2.75) is 6.42 Å². The molecule has 0 unspecified atom stereocenters. The van der Waals surface area contributed by atoms with Crippen molar-refractivity contribution in [1.29, 1.82) is 0 Å². The van der Waals surface area contributed by atoms with Gasteiger partial charge in [0.05, 0.1) is 12.9 Å². The Morgan fingerprint density at radius 1 is 1.62 bits per heavy atom. The Balaban J connectivity index is 2.35. The van der Waals surface area contributed by atoms with Crippen molar-refractivity contribution in [3.63, 3.8) is 0 Å². The molecule has 86 valence electrons. The lowest BCUT2D eigenvalue weighted by atomic mass is 10.2. The molecule has 1 heterocycles. The second kappa shape index (κ2) is 6.44. The molecular weight excluding hydrogens is 208 g/mol. The fourth-order valence-corrected chi connectivity index (χ4v) is 1.13. The summed E-state index contributed by atoms with van der Waals surface area (Å²) in [6.07, 6.45) is 3.50. The second-order valence-corrected chi connectivity index (χ2v) is 3.09. The third-order valence-corrected chi connectivity index (χ3v) is 1.88. The van der Waals surface area contributed by atoms with E-state index in [0.717, 1.165) is 0 Å². The summed E-state index contributed by atoms with van der Waals surface area (Å²) in [7, 11) is 0. The third kappa shape index (κ3) is 4.00. The number of pyridine rings is 1. The molecule has 1 amide bonds. The van der Waals surface area contributed by atoms with Gasteiger partial charge in [0.1, 0.15) is 0 Å². The van der Waals surface area contributed by atoms with E-state index >= 15 is 0 Å². The monoisotopic (exact) mass is 222 g/mol. The molecule has 0 aliphatic carbocycles. The Kier molecular flexibility index (Phi) is 4.85. The average molecular weight is 222 g/mol. The highest BCUT2D eigenvalue weighted by molar-refractivity contribution is 5.93. The van der Waals surface area contributed by atoms with E-state index < -0.39 is 0 Å². The van der Waals surface area contributed by atoms with Crippen LogP contribution in [0.5, 0.6) is 0 Å². The predicted octanol–water partition coefficient (Wildman–Crippen LogP) is 0.655. The summed E-state index contributed by atoms with van der Waals surface area (Å²) in [5.74, 6) is -0.260. The van der Waals surface area contributed by atoms with E-state index in [0.29, 0.717) is 25.1 Å². The van der Waals surface area contributed by atoms with Gasteiger partial charge in [-0.2, -0.15) is 0 Å². The molecule has 5 nitrogen and oxygen atoms in total. The van der Waals surface area contributed by atoms with Gasteiger partial charge in [0, 0.05) is 24.4 Å². The van der Waals surface area contributed by atoms with Crippen LogP contribution in [0.3, 0.4) is 0 Å². The van der Waals surface area contributed by atoms with Gasteiger partial charge in [-0.15, -0.1) is 0 Å². The van der Waals surface area contributed by atoms with Crippen LogP contribution in [0.15, 0.2) is 36.0 Å². The number of H-pyrrole nitrogens is 1. The lowest BCUT2D eigenvalue weighted by Gasteiger charge is -2.04. The summed E-state index contributed by atoms with van der Waals surface area (Å²) in [5.41, 5.74) is 0.0658. The van der Waals surface area contributed by atoms with Crippen LogP contribution in [0.4, 0.5) is 0 Å². The Labute approximate surface area is 93.1 Å². The normalized spacial score (nSPS) is 9.50. The van der Waals surface area contributed by atoms with E-state index in [1.54, 1.807) is 6.07 Å². The number of hydrogen-bond acceptors (Lipinski definition) is 3. The van der Waals surface area contributed by atoms with E-state index in [9.17, 15) is 9.59 Å². The van der Waals surface area contributed by atoms with Gasteiger partial charge in [-0.3, -0.25) is 9.59 Å². The summed E-state index contributed by atoms with van der Waals surface area (Å²) in [5, 5.41) is 2.68. The van der Waals surface area contributed by atoms with E-state index in [4.69, 9.17) is 4.74 Å². The van der Waals surface area contributed by atoms with Crippen molar-refractivity contribution in [1.82, 2.24) is 10.3 Å². The SMILES string of the molecule is C=COCCCNC(=O)c1cc[nH]c(=O)c1. The standard InChI is InChI=1S/C11H14N2O3/c1-2-16-7-3-5-13-11(15)9-4-6-12-10(14)8-9/h2,4,6,8H,1,3,5,7H2,(H,12,14)(H,13,15). The Morgan fingerprint density at radius 3 is 3.12 bits per heavy atom. The Bertz CT molecular complexity index is 412. The van der Waals surface area contributed by atoms with Crippen LogP contribution in [0, 0.1) is 0 Å². The number of ether oxygens (including phenoxy) is 1. The molecule has 5 heteroatoms. The minimum atomic E-state index is -0.289. The predicted molar refractivity (Wildman–Crippen MR) is 60.2 cm³/mol. The lowest BCUT2D eigenvalue weighted by Crippen LogP contribution is -2.26. The summed E-state index contributed by atoms with van der Waals surface area (Å²) in [4.78, 5) is 24.9. The first-order chi connectivity index (χ1) is 7.74. The van der Waals surface area contributed by atoms with Gasteiger partial charge in [0.25, 0.3) is 5.91 Å². The number of hydrogen-bond donors (Lipinski definition) is 2. The van der Waals surface area contributed by atoms with E-state index in [1.807, 2.05) is 0 Å². The molecule has 0 aliphatic heterocycles. The largest absolute Gasteiger partial charge is 0.502 e. The van der Waals surface area contributed by atoms with Gasteiger partial charge in [0.2, 0.25) is 5.56 Å². The molecule has 2 N–H and O–H groups in total. The highest BCUT2D eigenvalue weighted by Crippen LogP contribution is 1.92. The zero-order valence-electron chi connectivity index (χ0n) is 8.86. The molecule has 0 atom stereocenters. The molecule has 0 aromatic carbocycles. The first kappa shape index (κ1) is 12.0. The number of aromatic amines is 1. The second-order valence-electron chi connectivity index (χ2n) is 3.09. The summed E-state index contributed by atoms with van der Waals surface area (Å²) in [6, 6.07) is 2.81. The van der Waals surface area contributed by atoms with Crippen LogP contribution < -0.4 is 10.9 Å². The van der Waals surface area contributed by atoms with Gasteiger partial charge in [0.15, 0.2) is 0 Å². The first-order valence-electron chi connectivity index (χ1n) is 4.93. The molecule has 0 bridgehead atoms. The van der Waals surface area contributed by atoms with Gasteiger partial charge < -0.3 is 15.0 Å². The van der Waals surface area contributed by atoms with E-state index in [2.05, 4.69) is 16.9 Å². The molecule has 0 saturated carbocycles. The maximum atomic E-state index is 11.5. The number of amides is 1. The number of nitrogens with one attached hydrogen (secondary N) is 2. The van der Waals surface area contributed by atoms with Crippen molar-refractivity contribution in [3.05, 3.63) is 47.1 Å². The molecule has 1 rings (SSSR count). The summed E-state index contributed by atoms with van der Waals surface area (Å²) >= 11 is 0. The summed E-state index contributed by atoms with van der Waals surface area (Å²) < 4.78 is 4.90. The topological polar surface area (TPSA) is 71.2 Å². The number of carbonyl (C=O) groups excluding carboxylic acids is 1. The molecule has 1 aromatic rings. The van der Waals surface area contributed by atoms with Crippen LogP contribution in [0.1, 0.15) is 16.8 Å². The smallest absolute Gasteiger partial charge is 0.251 e. The van der Waals surface area contributed by atoms with Crippen LogP contribution in [-0.2, 0) is 4.74 Å². The fraction of sp³-hybridized carbons (Fsp3) is 0.273. The first-order valence-corrected chi connectivity index (χ1v) is 4.93. The van der Waals surface area contributed by atoms with Gasteiger partial charge in [-0.25, -0.2) is 0 Å². The number of aromatic nitrogens is 1. The summed E-state index contributed by atoms with van der Waals surface area (Å²) in [6.45, 7) is 4.42. The molecule has 0 aliphatic rings. The fourth-order valence-electron chi connectivity index (χ4n) is 1.13. The number of rotatable bonds is 6. The zero-order chi connectivity index (χ0) is 11.8. The molecule has 0 spiro atoms. The molecular formula is C11H14N2O3. The average Bonchev–Trinajstić information content (AvgIpc) is 2.28. The molecule has 0 saturated heterocycles. The highest BCUT2D eigenvalue weighted by Gasteiger charge is 2.04. The zero-order valence-corrected chi connectivity index (χ0v) is 8.86. The minimum Gasteiger partial charge on any atom is -0.502 e. The third-order valence-electron chi connectivity index (χ3n) is 1.88. The number of carbonyl (C=O) groups is 1. The highest BCUT2D eigenvalue weighted by atomic mass is 16.5. The molecule has 16 heavy (non-hydrogen) atoms. The van der Waals surface area contributed by atoms with E-state index in [1.165, 1.54) is 18.5 Å². The van der Waals surface area contributed by atoms with Crippen molar-refractivity contribution in [3.8, 4) is 0 Å². The van der Waals surface area contributed by atoms with E-state index in [-0.39, 0.29) is 11.5 Å². The van der Waals surface area contributed by atoms with Crippen molar-refractivity contribution in [2.75, 3.05) is 13.2 Å². The van der Waals surface area contributed by atoms with Crippen molar-refractivity contribution >= 4 is 5.91 Å². The molecule has 0 fully saturated rings. The minimum absolute atomic E-state index is 0.260. The quantitative estimate of drug-likeness (QED) is 0.548. The van der Waals surface area contributed by atoms with Gasteiger partial charge >= 0.3 is 0 Å². The molecule has 0 radical (unpaired) electrons. The van der Waals surface area contributed by atoms with Crippen molar-refractivity contribution < 1.29 is 9.53 Å². The van der Waals surface area contributed by atoms with Gasteiger partial charge in [-0.05, 0) is 12.5 Å². The van der Waals surface area contributed by atoms with Gasteiger partial charge in [-0.1, -0.05) is 6.58 Å². The van der Waals surface area contributed by atoms with Crippen LogP contribution in [0.2, 0.25) is 0 Å². The Morgan fingerprint density at radius 2 is 2.44 bits per heavy atom. The molecule has 1 aromatic heterocycles. The van der Waals surface area contributed by atoms with Crippen LogP contribution in [-0.4, -0.2) is 24.0 Å². The maximum Gasteiger partial charge on any atom is 0.251 e. The van der Waals surface area contributed by atoms with Crippen LogP contribution >= 0.6 is 0 Å². The maximum absolute atomic E-state index is 11.5.